The molecule has 0 saturated carbocycles. The summed E-state index contributed by atoms with van der Waals surface area (Å²) in [5.74, 6) is 0.558. The molecule has 0 fully saturated rings. The van der Waals surface area contributed by atoms with Gasteiger partial charge in [-0.3, -0.25) is 9.59 Å². The van der Waals surface area contributed by atoms with Crippen LogP contribution in [0.25, 0.3) is 0 Å². The Bertz CT molecular complexity index is 753. The Morgan fingerprint density at radius 3 is 2.46 bits per heavy atom. The van der Waals surface area contributed by atoms with Gasteiger partial charge >= 0.3 is 0 Å². The molecule has 1 unspecified atom stereocenters. The van der Waals surface area contributed by atoms with Gasteiger partial charge in [-0.1, -0.05) is 23.7 Å². The zero-order valence-electron chi connectivity index (χ0n) is 14.6. The molecule has 0 heterocycles. The second kappa shape index (κ2) is 10.1. The SMILES string of the molecule is CCOc1ccc(NC(=O)CSC(C)C(=O)Nc2ccccc2Cl)cc1. The van der Waals surface area contributed by atoms with Gasteiger partial charge in [0.05, 0.1) is 28.3 Å². The number of amides is 2. The summed E-state index contributed by atoms with van der Waals surface area (Å²) in [6.45, 7) is 4.26. The van der Waals surface area contributed by atoms with E-state index in [1.807, 2.05) is 6.92 Å². The molecule has 0 bridgehead atoms. The fourth-order valence-electron chi connectivity index (χ4n) is 2.07. The first-order valence-corrected chi connectivity index (χ1v) is 9.62. The molecule has 0 aliphatic carbocycles. The van der Waals surface area contributed by atoms with Crippen molar-refractivity contribution < 1.29 is 14.3 Å². The minimum Gasteiger partial charge on any atom is -0.494 e. The monoisotopic (exact) mass is 392 g/mol. The van der Waals surface area contributed by atoms with Gasteiger partial charge in [0.1, 0.15) is 5.75 Å². The van der Waals surface area contributed by atoms with Crippen LogP contribution in [0.2, 0.25) is 5.02 Å². The van der Waals surface area contributed by atoms with Crippen LogP contribution < -0.4 is 15.4 Å². The van der Waals surface area contributed by atoms with E-state index in [2.05, 4.69) is 10.6 Å². The maximum Gasteiger partial charge on any atom is 0.237 e. The number of ether oxygens (including phenoxy) is 1. The van der Waals surface area contributed by atoms with E-state index in [4.69, 9.17) is 16.3 Å². The van der Waals surface area contributed by atoms with Crippen LogP contribution in [0.3, 0.4) is 0 Å². The van der Waals surface area contributed by atoms with Crippen LogP contribution in [0.1, 0.15) is 13.8 Å². The van der Waals surface area contributed by atoms with Gasteiger partial charge in [0.2, 0.25) is 11.8 Å². The number of nitrogens with one attached hydrogen (secondary N) is 2. The summed E-state index contributed by atoms with van der Waals surface area (Å²) < 4.78 is 5.36. The first kappa shape index (κ1) is 20.1. The molecule has 1 atom stereocenters. The highest BCUT2D eigenvalue weighted by molar-refractivity contribution is 8.01. The van der Waals surface area contributed by atoms with Crippen molar-refractivity contribution in [2.45, 2.75) is 19.1 Å². The van der Waals surface area contributed by atoms with Gasteiger partial charge in [-0.2, -0.15) is 0 Å². The molecule has 7 heteroatoms. The molecular weight excluding hydrogens is 372 g/mol. The van der Waals surface area contributed by atoms with Crippen LogP contribution in [-0.2, 0) is 9.59 Å². The molecule has 0 spiro atoms. The molecule has 2 N–H and O–H groups in total. The number of hydrogen-bond donors (Lipinski definition) is 2. The summed E-state index contributed by atoms with van der Waals surface area (Å²) >= 11 is 7.28. The minimum atomic E-state index is -0.391. The van der Waals surface area contributed by atoms with E-state index in [1.54, 1.807) is 55.5 Å². The number of rotatable bonds is 8. The Hall–Kier alpha value is -2.18. The van der Waals surface area contributed by atoms with E-state index in [1.165, 1.54) is 11.8 Å². The van der Waals surface area contributed by atoms with E-state index in [-0.39, 0.29) is 17.6 Å². The normalized spacial score (nSPS) is 11.5. The summed E-state index contributed by atoms with van der Waals surface area (Å²) in [5, 5.41) is 5.65. The maximum atomic E-state index is 12.2. The van der Waals surface area contributed by atoms with Gasteiger partial charge < -0.3 is 15.4 Å². The van der Waals surface area contributed by atoms with E-state index < -0.39 is 5.25 Å². The Morgan fingerprint density at radius 1 is 1.12 bits per heavy atom. The Balaban J connectivity index is 1.78. The van der Waals surface area contributed by atoms with Crippen LogP contribution in [0.5, 0.6) is 5.75 Å². The maximum absolute atomic E-state index is 12.2. The van der Waals surface area contributed by atoms with Crippen LogP contribution >= 0.6 is 23.4 Å². The molecule has 5 nitrogen and oxygen atoms in total. The summed E-state index contributed by atoms with van der Waals surface area (Å²) in [6.07, 6.45) is 0. The van der Waals surface area contributed by atoms with Crippen LogP contribution in [0.4, 0.5) is 11.4 Å². The third kappa shape index (κ3) is 6.28. The predicted octanol–water partition coefficient (Wildman–Crippen LogP) is 4.44. The van der Waals surface area contributed by atoms with Crippen molar-refractivity contribution in [1.29, 1.82) is 0 Å². The van der Waals surface area contributed by atoms with Crippen LogP contribution in [0.15, 0.2) is 48.5 Å². The van der Waals surface area contributed by atoms with Gasteiger partial charge in [0, 0.05) is 5.69 Å². The fraction of sp³-hybridized carbons (Fsp3) is 0.263. The zero-order valence-corrected chi connectivity index (χ0v) is 16.2. The first-order valence-electron chi connectivity index (χ1n) is 8.19. The molecule has 2 rings (SSSR count). The Labute approximate surface area is 162 Å². The quantitative estimate of drug-likeness (QED) is 0.697. The molecule has 2 aromatic rings. The van der Waals surface area contributed by atoms with Crippen molar-refractivity contribution in [3.63, 3.8) is 0 Å². The summed E-state index contributed by atoms with van der Waals surface area (Å²) in [6, 6.07) is 14.2. The van der Waals surface area contributed by atoms with Crippen molar-refractivity contribution >= 4 is 46.6 Å². The topological polar surface area (TPSA) is 67.4 Å². The smallest absolute Gasteiger partial charge is 0.237 e. The van der Waals surface area contributed by atoms with Gasteiger partial charge in [0.15, 0.2) is 0 Å². The highest BCUT2D eigenvalue weighted by Crippen LogP contribution is 2.22. The Morgan fingerprint density at radius 2 is 1.81 bits per heavy atom. The van der Waals surface area contributed by atoms with Crippen molar-refractivity contribution in [2.75, 3.05) is 23.0 Å². The minimum absolute atomic E-state index is 0.170. The lowest BCUT2D eigenvalue weighted by molar-refractivity contribution is -0.115. The second-order valence-electron chi connectivity index (χ2n) is 5.43. The predicted molar refractivity (Wildman–Crippen MR) is 108 cm³/mol. The Kier molecular flexibility index (Phi) is 7.81. The van der Waals surface area contributed by atoms with Crippen molar-refractivity contribution in [3.8, 4) is 5.75 Å². The van der Waals surface area contributed by atoms with Crippen molar-refractivity contribution in [1.82, 2.24) is 0 Å². The van der Waals surface area contributed by atoms with E-state index in [9.17, 15) is 9.59 Å². The lowest BCUT2D eigenvalue weighted by Gasteiger charge is -2.13. The molecule has 0 saturated heterocycles. The van der Waals surface area contributed by atoms with E-state index in [0.29, 0.717) is 23.0 Å². The molecule has 0 radical (unpaired) electrons. The first-order chi connectivity index (χ1) is 12.5. The van der Waals surface area contributed by atoms with Gasteiger partial charge in [-0.25, -0.2) is 0 Å². The number of hydrogen-bond acceptors (Lipinski definition) is 4. The number of carbonyl (C=O) groups excluding carboxylic acids is 2. The van der Waals surface area contributed by atoms with Gasteiger partial charge in [-0.15, -0.1) is 11.8 Å². The number of para-hydroxylation sites is 1. The molecule has 2 aromatic carbocycles. The van der Waals surface area contributed by atoms with E-state index in [0.717, 1.165) is 5.75 Å². The molecular formula is C19H21ClN2O3S. The van der Waals surface area contributed by atoms with Gasteiger partial charge in [0.25, 0.3) is 0 Å². The van der Waals surface area contributed by atoms with Crippen molar-refractivity contribution in [2.24, 2.45) is 0 Å². The molecule has 0 aromatic heterocycles. The average Bonchev–Trinajstić information content (AvgIpc) is 2.63. The highest BCUT2D eigenvalue weighted by atomic mass is 35.5. The molecule has 26 heavy (non-hydrogen) atoms. The summed E-state index contributed by atoms with van der Waals surface area (Å²) in [4.78, 5) is 24.2. The average molecular weight is 393 g/mol. The number of benzene rings is 2. The fourth-order valence-corrected chi connectivity index (χ4v) is 2.94. The summed E-state index contributed by atoms with van der Waals surface area (Å²) in [7, 11) is 0. The third-order valence-corrected chi connectivity index (χ3v) is 4.89. The standard InChI is InChI=1S/C19H21ClN2O3S/c1-3-25-15-10-8-14(9-11-15)21-18(23)12-26-13(2)19(24)22-17-7-5-4-6-16(17)20/h4-11,13H,3,12H2,1-2H3,(H,21,23)(H,22,24). The second-order valence-corrected chi connectivity index (χ2v) is 7.16. The number of carbonyl (C=O) groups is 2. The largest absolute Gasteiger partial charge is 0.494 e. The number of halogens is 1. The summed E-state index contributed by atoms with van der Waals surface area (Å²) in [5.41, 5.74) is 1.25. The lowest BCUT2D eigenvalue weighted by atomic mass is 10.3. The molecule has 2 amide bonds. The van der Waals surface area contributed by atoms with E-state index >= 15 is 0 Å². The van der Waals surface area contributed by atoms with Crippen LogP contribution in [0, 0.1) is 0 Å². The lowest BCUT2D eigenvalue weighted by Crippen LogP contribution is -2.25. The van der Waals surface area contributed by atoms with Crippen molar-refractivity contribution in [3.05, 3.63) is 53.6 Å². The molecule has 0 aliphatic rings. The highest BCUT2D eigenvalue weighted by Gasteiger charge is 2.16. The molecule has 138 valence electrons. The zero-order chi connectivity index (χ0) is 18.9. The van der Waals surface area contributed by atoms with Crippen LogP contribution in [-0.4, -0.2) is 29.4 Å². The molecule has 0 aliphatic heterocycles. The van der Waals surface area contributed by atoms with Gasteiger partial charge in [-0.05, 0) is 50.2 Å². The number of thioether (sulfide) groups is 1. The number of anilines is 2. The third-order valence-electron chi connectivity index (χ3n) is 3.41.